The summed E-state index contributed by atoms with van der Waals surface area (Å²) in [6, 6.07) is 0. The van der Waals surface area contributed by atoms with E-state index in [0.717, 1.165) is 5.32 Å². The van der Waals surface area contributed by atoms with Crippen LogP contribution in [0.25, 0.3) is 0 Å². The third kappa shape index (κ3) is 4.87. The fourth-order valence-corrected chi connectivity index (χ4v) is 0.0841. The minimum Gasteiger partial charge on any atom is -0.465 e. The third-order valence-corrected chi connectivity index (χ3v) is 0.205. The summed E-state index contributed by atoms with van der Waals surface area (Å²) in [6.07, 6.45) is -3.75. The topological polar surface area (TPSA) is 66.4 Å². The lowest BCUT2D eigenvalue weighted by atomic mass is 11.1. The number of hydrogen-bond acceptors (Lipinski definition) is 2. The van der Waals surface area contributed by atoms with Crippen molar-refractivity contribution in [1.82, 2.24) is 5.32 Å². The molecule has 4 nitrogen and oxygen atoms in total. The van der Waals surface area contributed by atoms with E-state index in [1.54, 1.807) is 0 Å². The van der Waals surface area contributed by atoms with Gasteiger partial charge in [-0.2, -0.15) is 0 Å². The van der Waals surface area contributed by atoms with Crippen LogP contribution in [0.1, 0.15) is 0 Å². The van der Waals surface area contributed by atoms with E-state index in [9.17, 15) is 9.18 Å². The highest BCUT2D eigenvalue weighted by Crippen LogP contribution is 1.67. The van der Waals surface area contributed by atoms with Gasteiger partial charge in [-0.15, -0.1) is 4.39 Å². The first-order valence-electron chi connectivity index (χ1n) is 1.32. The molecule has 0 atom stereocenters. The second kappa shape index (κ2) is 2.12. The van der Waals surface area contributed by atoms with E-state index < -0.39 is 12.3 Å². The van der Waals surface area contributed by atoms with E-state index in [1.165, 1.54) is 0 Å². The number of rotatable bonds is 0. The van der Waals surface area contributed by atoms with E-state index in [2.05, 4.69) is 0 Å². The lowest BCUT2D eigenvalue weighted by Gasteiger charge is -1.82. The Labute approximate surface area is 37.9 Å². The summed E-state index contributed by atoms with van der Waals surface area (Å²) in [6.45, 7) is 0. The molecular formula is C2H2FNO3. The van der Waals surface area contributed by atoms with Crippen LogP contribution in [0.2, 0.25) is 0 Å². The van der Waals surface area contributed by atoms with Crippen molar-refractivity contribution in [1.29, 1.82) is 0 Å². The van der Waals surface area contributed by atoms with Gasteiger partial charge in [0.1, 0.15) is 0 Å². The zero-order chi connectivity index (χ0) is 5.86. The first-order chi connectivity index (χ1) is 3.13. The van der Waals surface area contributed by atoms with Crippen molar-refractivity contribution in [2.24, 2.45) is 0 Å². The SMILES string of the molecule is O=C(O)NC(=O)F. The van der Waals surface area contributed by atoms with Crippen LogP contribution in [0, 0.1) is 0 Å². The molecular weight excluding hydrogens is 105 g/mol. The standard InChI is InChI=1S/C2H2FNO3/c3-1(5)4-2(6)7/h(H,4,5)(H,6,7). The van der Waals surface area contributed by atoms with Crippen molar-refractivity contribution in [3.05, 3.63) is 0 Å². The Hall–Kier alpha value is -1.13. The zero-order valence-electron chi connectivity index (χ0n) is 3.14. The Bertz CT molecular complexity index is 89.1. The van der Waals surface area contributed by atoms with Crippen LogP contribution >= 0.6 is 0 Å². The van der Waals surface area contributed by atoms with Crippen LogP contribution < -0.4 is 5.32 Å². The average molecular weight is 107 g/mol. The number of imide groups is 1. The molecule has 0 unspecified atom stereocenters. The van der Waals surface area contributed by atoms with Crippen molar-refractivity contribution in [2.45, 2.75) is 0 Å². The van der Waals surface area contributed by atoms with Crippen molar-refractivity contribution >= 4 is 12.3 Å². The molecule has 5 heteroatoms. The Morgan fingerprint density at radius 1 is 1.57 bits per heavy atom. The van der Waals surface area contributed by atoms with Crippen LogP contribution in [-0.4, -0.2) is 17.4 Å². The quantitative estimate of drug-likeness (QED) is 0.346. The molecule has 2 N–H and O–H groups in total. The van der Waals surface area contributed by atoms with Gasteiger partial charge < -0.3 is 5.11 Å². The summed E-state index contributed by atoms with van der Waals surface area (Å²) < 4.78 is 10.8. The van der Waals surface area contributed by atoms with Gasteiger partial charge in [-0.25, -0.2) is 14.9 Å². The van der Waals surface area contributed by atoms with Crippen molar-refractivity contribution < 1.29 is 19.1 Å². The molecule has 0 radical (unpaired) electrons. The molecule has 0 saturated heterocycles. The molecule has 0 aromatic rings. The highest BCUT2D eigenvalue weighted by atomic mass is 19.1. The molecule has 0 rings (SSSR count). The largest absolute Gasteiger partial charge is 0.465 e. The molecule has 0 spiro atoms. The zero-order valence-corrected chi connectivity index (χ0v) is 3.14. The summed E-state index contributed by atoms with van der Waals surface area (Å²) in [5, 5.41) is 8.43. The summed E-state index contributed by atoms with van der Waals surface area (Å²) in [7, 11) is 0. The fraction of sp³-hybridized carbons (Fsp3) is 0. The Morgan fingerprint density at radius 3 is 2.00 bits per heavy atom. The lowest BCUT2D eigenvalue weighted by Crippen LogP contribution is -2.23. The fourth-order valence-electron chi connectivity index (χ4n) is 0.0841. The van der Waals surface area contributed by atoms with E-state index in [1.807, 2.05) is 0 Å². The molecule has 0 fully saturated rings. The Balaban J connectivity index is 3.32. The second-order valence-corrected chi connectivity index (χ2v) is 0.704. The number of halogens is 1. The Morgan fingerprint density at radius 2 is 2.00 bits per heavy atom. The molecule has 0 aliphatic heterocycles. The van der Waals surface area contributed by atoms with Gasteiger partial charge in [0, 0.05) is 0 Å². The monoisotopic (exact) mass is 107 g/mol. The van der Waals surface area contributed by atoms with Gasteiger partial charge in [-0.05, 0) is 0 Å². The van der Waals surface area contributed by atoms with Crippen LogP contribution in [0.3, 0.4) is 0 Å². The molecule has 40 valence electrons. The second-order valence-electron chi connectivity index (χ2n) is 0.704. The first kappa shape index (κ1) is 5.87. The summed E-state index contributed by atoms with van der Waals surface area (Å²) in [5.41, 5.74) is 0. The molecule has 0 saturated carbocycles. The minimum absolute atomic E-state index is 0.917. The van der Waals surface area contributed by atoms with Gasteiger partial charge in [-0.1, -0.05) is 0 Å². The maximum atomic E-state index is 10.8. The van der Waals surface area contributed by atoms with Crippen molar-refractivity contribution in [2.75, 3.05) is 0 Å². The average Bonchev–Trinajstić information content (AvgIpc) is 1.27. The number of nitrogens with one attached hydrogen (secondary N) is 1. The molecule has 0 aliphatic rings. The van der Waals surface area contributed by atoms with Crippen LogP contribution in [0.5, 0.6) is 0 Å². The summed E-state index contributed by atoms with van der Waals surface area (Å²) in [4.78, 5) is 18.3. The van der Waals surface area contributed by atoms with Crippen LogP contribution in [-0.2, 0) is 0 Å². The van der Waals surface area contributed by atoms with E-state index in [4.69, 9.17) is 9.90 Å². The molecule has 0 bridgehead atoms. The van der Waals surface area contributed by atoms with E-state index >= 15 is 0 Å². The number of hydrogen-bond donors (Lipinski definition) is 2. The molecule has 0 aromatic carbocycles. The van der Waals surface area contributed by atoms with Crippen LogP contribution in [0.15, 0.2) is 0 Å². The predicted octanol–water partition coefficient (Wildman–Crippen LogP) is 0.344. The number of amides is 2. The highest BCUT2D eigenvalue weighted by molar-refractivity contribution is 5.85. The van der Waals surface area contributed by atoms with Gasteiger partial charge in [0.05, 0.1) is 0 Å². The Kier molecular flexibility index (Phi) is 1.78. The highest BCUT2D eigenvalue weighted by Gasteiger charge is 1.98. The normalized spacial score (nSPS) is 7.57. The van der Waals surface area contributed by atoms with Gasteiger partial charge in [-0.3, -0.25) is 0 Å². The third-order valence-electron chi connectivity index (χ3n) is 0.205. The van der Waals surface area contributed by atoms with Gasteiger partial charge in [0.2, 0.25) is 0 Å². The molecule has 0 heterocycles. The minimum atomic E-state index is -2.06. The van der Waals surface area contributed by atoms with E-state index in [0.29, 0.717) is 0 Å². The smallest absolute Gasteiger partial charge is 0.413 e. The van der Waals surface area contributed by atoms with Gasteiger partial charge in [0.25, 0.3) is 0 Å². The molecule has 7 heavy (non-hydrogen) atoms. The van der Waals surface area contributed by atoms with Crippen molar-refractivity contribution in [3.8, 4) is 0 Å². The lowest BCUT2D eigenvalue weighted by molar-refractivity contribution is 0.186. The molecule has 0 aromatic heterocycles. The summed E-state index contributed by atoms with van der Waals surface area (Å²) in [5.74, 6) is 0. The molecule has 2 amide bonds. The van der Waals surface area contributed by atoms with Gasteiger partial charge >= 0.3 is 12.3 Å². The molecule has 0 aliphatic carbocycles. The number of carbonyl (C=O) groups is 2. The maximum Gasteiger partial charge on any atom is 0.413 e. The number of carbonyl (C=O) groups excluding carboxylic acids is 1. The van der Waals surface area contributed by atoms with Crippen molar-refractivity contribution in [3.63, 3.8) is 0 Å². The van der Waals surface area contributed by atoms with E-state index in [-0.39, 0.29) is 0 Å². The number of carboxylic acid groups (broad SMARTS) is 1. The van der Waals surface area contributed by atoms with Gasteiger partial charge in [0.15, 0.2) is 0 Å². The van der Waals surface area contributed by atoms with Crippen LogP contribution in [0.4, 0.5) is 14.0 Å². The first-order valence-corrected chi connectivity index (χ1v) is 1.32. The predicted molar refractivity (Wildman–Crippen MR) is 17.7 cm³/mol. The summed E-state index contributed by atoms with van der Waals surface area (Å²) >= 11 is 0. The maximum absolute atomic E-state index is 10.8.